The topological polar surface area (TPSA) is 135 Å². The first-order valence-electron chi connectivity index (χ1n) is 5.74. The van der Waals surface area contributed by atoms with E-state index in [0.29, 0.717) is 0 Å². The van der Waals surface area contributed by atoms with Crippen LogP contribution in [0.2, 0.25) is 0 Å². The zero-order valence-corrected chi connectivity index (χ0v) is 11.5. The van der Waals surface area contributed by atoms with Crippen molar-refractivity contribution in [3.63, 3.8) is 0 Å². The maximum atomic E-state index is 11.9. The van der Waals surface area contributed by atoms with E-state index in [9.17, 15) is 18.0 Å². The van der Waals surface area contributed by atoms with Gasteiger partial charge in [-0.25, -0.2) is 18.4 Å². The van der Waals surface area contributed by atoms with Crippen molar-refractivity contribution in [2.24, 2.45) is 11.1 Å². The number of hydrogen-bond acceptors (Lipinski definition) is 6. The lowest BCUT2D eigenvalue weighted by Gasteiger charge is -2.15. The molecule has 0 spiro atoms. The number of amides is 1. The maximum Gasteiger partial charge on any atom is 0.358 e. The summed E-state index contributed by atoms with van der Waals surface area (Å²) in [4.78, 5) is 24.8. The number of nitrogens with zero attached hydrogens (tertiary/aromatic N) is 2. The first kappa shape index (κ1) is 14.5. The smallest absolute Gasteiger partial charge is 0.358 e. The van der Waals surface area contributed by atoms with Crippen LogP contribution in [0.1, 0.15) is 16.9 Å². The molecule has 1 saturated heterocycles. The summed E-state index contributed by atoms with van der Waals surface area (Å²) >= 11 is 0. The lowest BCUT2D eigenvalue weighted by Crippen LogP contribution is -2.28. The molecule has 20 heavy (non-hydrogen) atoms. The minimum absolute atomic E-state index is 0.0529. The number of ether oxygens (including phenoxy) is 1. The number of carbonyl (C=O) groups is 2. The maximum absolute atomic E-state index is 11.9. The molecule has 1 fully saturated rings. The number of rotatable bonds is 4. The molecule has 0 aliphatic carbocycles. The number of nitrogens with two attached hydrogens (primary N) is 1. The van der Waals surface area contributed by atoms with Crippen LogP contribution in [0.4, 0.5) is 5.69 Å². The van der Waals surface area contributed by atoms with E-state index in [4.69, 9.17) is 5.14 Å². The molecule has 3 N–H and O–H groups in total. The van der Waals surface area contributed by atoms with Gasteiger partial charge in [0.05, 0.1) is 24.7 Å². The molecule has 1 amide bonds. The number of nitrogens with one attached hydrogen (secondary N) is 1. The van der Waals surface area contributed by atoms with Crippen LogP contribution in [0.25, 0.3) is 0 Å². The fourth-order valence-electron chi connectivity index (χ4n) is 2.19. The van der Waals surface area contributed by atoms with Crippen molar-refractivity contribution in [3.05, 3.63) is 11.9 Å². The van der Waals surface area contributed by atoms with E-state index in [-0.39, 0.29) is 36.0 Å². The van der Waals surface area contributed by atoms with E-state index >= 15 is 0 Å². The van der Waals surface area contributed by atoms with Gasteiger partial charge in [-0.2, -0.15) is 5.10 Å². The first-order chi connectivity index (χ1) is 9.31. The molecule has 1 aliphatic heterocycles. The Bertz CT molecular complexity index is 638. The van der Waals surface area contributed by atoms with Gasteiger partial charge < -0.3 is 9.64 Å². The van der Waals surface area contributed by atoms with Crippen molar-refractivity contribution in [2.75, 3.05) is 24.3 Å². The highest BCUT2D eigenvalue weighted by Crippen LogP contribution is 2.27. The lowest BCUT2D eigenvalue weighted by molar-refractivity contribution is -0.117. The predicted molar refractivity (Wildman–Crippen MR) is 68.4 cm³/mol. The molecule has 0 aromatic carbocycles. The molecule has 1 aliphatic rings. The molecule has 10 heteroatoms. The summed E-state index contributed by atoms with van der Waals surface area (Å²) in [5, 5.41) is 11.1. The quantitative estimate of drug-likeness (QED) is 0.673. The SMILES string of the molecule is COC(=O)c1[nH]ncc1N1CC(CS(N)(=O)=O)CC1=O. The van der Waals surface area contributed by atoms with Crippen molar-refractivity contribution in [1.82, 2.24) is 10.2 Å². The van der Waals surface area contributed by atoms with E-state index < -0.39 is 21.9 Å². The summed E-state index contributed by atoms with van der Waals surface area (Å²) in [5.74, 6) is -1.62. The third-order valence-electron chi connectivity index (χ3n) is 2.97. The molecule has 1 aromatic heterocycles. The number of aromatic amines is 1. The van der Waals surface area contributed by atoms with Crippen molar-refractivity contribution in [3.8, 4) is 0 Å². The van der Waals surface area contributed by atoms with E-state index in [2.05, 4.69) is 14.9 Å². The minimum Gasteiger partial charge on any atom is -0.464 e. The molecule has 1 atom stereocenters. The van der Waals surface area contributed by atoms with Gasteiger partial charge in [-0.3, -0.25) is 9.89 Å². The Morgan fingerprint density at radius 2 is 2.35 bits per heavy atom. The fourth-order valence-corrected chi connectivity index (χ4v) is 3.07. The van der Waals surface area contributed by atoms with Crippen molar-refractivity contribution in [2.45, 2.75) is 6.42 Å². The van der Waals surface area contributed by atoms with E-state index in [1.807, 2.05) is 0 Å². The third kappa shape index (κ3) is 2.96. The summed E-state index contributed by atoms with van der Waals surface area (Å²) in [5.41, 5.74) is 0.330. The van der Waals surface area contributed by atoms with Gasteiger partial charge in [0.25, 0.3) is 0 Å². The molecule has 0 bridgehead atoms. The van der Waals surface area contributed by atoms with Crippen LogP contribution in [0, 0.1) is 5.92 Å². The average Bonchev–Trinajstić information content (AvgIpc) is 2.92. The van der Waals surface area contributed by atoms with Crippen LogP contribution in [0.15, 0.2) is 6.20 Å². The second-order valence-corrected chi connectivity index (χ2v) is 6.18. The van der Waals surface area contributed by atoms with E-state index in [1.165, 1.54) is 18.2 Å². The number of esters is 1. The van der Waals surface area contributed by atoms with Crippen molar-refractivity contribution < 1.29 is 22.7 Å². The fraction of sp³-hybridized carbons (Fsp3) is 0.500. The van der Waals surface area contributed by atoms with Crippen LogP contribution in [0.3, 0.4) is 0 Å². The van der Waals surface area contributed by atoms with Gasteiger partial charge in [-0.05, 0) is 0 Å². The Morgan fingerprint density at radius 3 is 2.95 bits per heavy atom. The Morgan fingerprint density at radius 1 is 1.65 bits per heavy atom. The predicted octanol–water partition coefficient (Wildman–Crippen LogP) is -1.16. The summed E-state index contributed by atoms with van der Waals surface area (Å²) in [6.45, 7) is 0.165. The molecular weight excluding hydrogens is 288 g/mol. The lowest BCUT2D eigenvalue weighted by atomic mass is 10.1. The van der Waals surface area contributed by atoms with Crippen molar-refractivity contribution in [1.29, 1.82) is 0 Å². The zero-order valence-electron chi connectivity index (χ0n) is 10.7. The zero-order chi connectivity index (χ0) is 14.9. The second kappa shape index (κ2) is 5.21. The highest BCUT2D eigenvalue weighted by Gasteiger charge is 2.35. The molecule has 0 radical (unpaired) electrons. The van der Waals surface area contributed by atoms with Crippen LogP contribution in [0.5, 0.6) is 0 Å². The summed E-state index contributed by atoms with van der Waals surface area (Å²) in [7, 11) is -2.44. The van der Waals surface area contributed by atoms with Gasteiger partial charge in [-0.1, -0.05) is 0 Å². The van der Waals surface area contributed by atoms with E-state index in [0.717, 1.165) is 0 Å². The van der Waals surface area contributed by atoms with Gasteiger partial charge in [0, 0.05) is 18.9 Å². The monoisotopic (exact) mass is 302 g/mol. The largest absolute Gasteiger partial charge is 0.464 e. The van der Waals surface area contributed by atoms with Crippen LogP contribution < -0.4 is 10.0 Å². The minimum atomic E-state index is -3.65. The number of anilines is 1. The molecule has 0 saturated carbocycles. The van der Waals surface area contributed by atoms with Gasteiger partial charge in [-0.15, -0.1) is 0 Å². The Balaban J connectivity index is 2.20. The number of hydrogen-bond donors (Lipinski definition) is 2. The molecule has 9 nitrogen and oxygen atoms in total. The number of carbonyl (C=O) groups excluding carboxylic acids is 2. The highest BCUT2D eigenvalue weighted by molar-refractivity contribution is 7.89. The number of sulfonamides is 1. The van der Waals surface area contributed by atoms with Crippen molar-refractivity contribution >= 4 is 27.6 Å². The first-order valence-corrected chi connectivity index (χ1v) is 7.46. The standard InChI is InChI=1S/C10H14N4O5S/c1-19-10(16)9-7(3-12-13-9)14-4-6(2-8(14)15)5-20(11,17)18/h3,6H,2,4-5H2,1H3,(H,12,13)(H2,11,17,18). The van der Waals surface area contributed by atoms with E-state index in [1.54, 1.807) is 0 Å². The van der Waals surface area contributed by atoms with Crippen LogP contribution in [-0.2, 0) is 19.6 Å². The Hall–Kier alpha value is -1.94. The van der Waals surface area contributed by atoms with Gasteiger partial charge in [0.15, 0.2) is 5.69 Å². The summed E-state index contributed by atoms with van der Waals surface area (Å²) in [6.07, 6.45) is 1.38. The normalized spacial score (nSPS) is 19.4. The van der Waals surface area contributed by atoms with Gasteiger partial charge in [0.2, 0.25) is 15.9 Å². The molecule has 2 rings (SSSR count). The highest BCUT2D eigenvalue weighted by atomic mass is 32.2. The second-order valence-electron chi connectivity index (χ2n) is 4.53. The molecule has 1 unspecified atom stereocenters. The van der Waals surface area contributed by atoms with Gasteiger partial charge >= 0.3 is 5.97 Å². The van der Waals surface area contributed by atoms with Gasteiger partial charge in [0.1, 0.15) is 0 Å². The third-order valence-corrected chi connectivity index (χ3v) is 3.91. The Kier molecular flexibility index (Phi) is 3.77. The van der Waals surface area contributed by atoms with Crippen LogP contribution in [-0.4, -0.2) is 49.9 Å². The molecular formula is C10H14N4O5S. The number of primary sulfonamides is 1. The van der Waals surface area contributed by atoms with Crippen LogP contribution >= 0.6 is 0 Å². The summed E-state index contributed by atoms with van der Waals surface area (Å²) < 4.78 is 26.7. The number of H-pyrrole nitrogens is 1. The molecule has 110 valence electrons. The number of aromatic nitrogens is 2. The average molecular weight is 302 g/mol. The Labute approximate surface area is 115 Å². The summed E-state index contributed by atoms with van der Waals surface area (Å²) in [6, 6.07) is 0. The molecule has 2 heterocycles. The molecule has 1 aromatic rings. The number of methoxy groups -OCH3 is 1.